The molecule has 258 valence electrons. The third kappa shape index (κ3) is 8.16. The van der Waals surface area contributed by atoms with E-state index in [0.29, 0.717) is 56.1 Å². The number of primary sulfonamides is 1. The zero-order valence-corrected chi connectivity index (χ0v) is 28.5. The van der Waals surface area contributed by atoms with Crippen LogP contribution in [0.5, 0.6) is 5.75 Å². The summed E-state index contributed by atoms with van der Waals surface area (Å²) in [6.07, 6.45) is 5.58. The van der Waals surface area contributed by atoms with Crippen molar-refractivity contribution in [1.82, 2.24) is 24.0 Å². The van der Waals surface area contributed by atoms with Crippen LogP contribution >= 0.6 is 0 Å². The second-order valence-electron chi connectivity index (χ2n) is 12.1. The molecule has 2 aromatic heterocycles. The zero-order valence-electron chi connectivity index (χ0n) is 27.7. The van der Waals surface area contributed by atoms with Gasteiger partial charge in [0.05, 0.1) is 4.90 Å². The molecule has 3 heterocycles. The number of aryl methyl sites for hydroxylation is 2. The summed E-state index contributed by atoms with van der Waals surface area (Å²) in [5.41, 5.74) is 2.45. The lowest BCUT2D eigenvalue weighted by Gasteiger charge is -2.29. The number of nitrogens with zero attached hydrogens (tertiary/aromatic N) is 5. The molecule has 0 fully saturated rings. The van der Waals surface area contributed by atoms with Gasteiger partial charge in [0.15, 0.2) is 17.8 Å². The zero-order chi connectivity index (χ0) is 34.3. The fourth-order valence-electron chi connectivity index (χ4n) is 5.90. The van der Waals surface area contributed by atoms with Crippen molar-refractivity contribution in [2.24, 2.45) is 5.14 Å². The number of carbonyl (C=O) groups is 1. The molecule has 1 amide bonds. The van der Waals surface area contributed by atoms with Crippen molar-refractivity contribution in [3.8, 4) is 5.75 Å². The summed E-state index contributed by atoms with van der Waals surface area (Å²) in [5.74, 6) is 1.06. The minimum atomic E-state index is -3.74. The number of rotatable bonds is 16. The highest BCUT2D eigenvalue weighted by Crippen LogP contribution is 2.25. The molecule has 5 rings (SSSR count). The number of nitrogens with two attached hydrogens (primary N) is 1. The van der Waals surface area contributed by atoms with Gasteiger partial charge in [0.1, 0.15) is 5.75 Å². The van der Waals surface area contributed by atoms with Crippen LogP contribution in [0, 0.1) is 0 Å². The fraction of sp³-hybridized carbons (Fsp3) is 0.471. The Bertz CT molecular complexity index is 1950. The Morgan fingerprint density at radius 3 is 2.21 bits per heavy atom. The largest absolute Gasteiger partial charge is 0.484 e. The van der Waals surface area contributed by atoms with Crippen LogP contribution in [0.25, 0.3) is 11.2 Å². The molecule has 1 aliphatic rings. The number of aromatic nitrogens is 4. The van der Waals surface area contributed by atoms with Gasteiger partial charge in [-0.2, -0.15) is 4.98 Å². The van der Waals surface area contributed by atoms with Gasteiger partial charge in [-0.25, -0.2) is 18.4 Å². The third-order valence-corrected chi connectivity index (χ3v) is 9.54. The molecule has 4 aromatic rings. The highest BCUT2D eigenvalue weighted by molar-refractivity contribution is 7.89. The minimum Gasteiger partial charge on any atom is -0.484 e. The van der Waals surface area contributed by atoms with Gasteiger partial charge in [0, 0.05) is 39.3 Å². The van der Waals surface area contributed by atoms with Crippen LogP contribution in [0.1, 0.15) is 57.1 Å². The number of benzene rings is 2. The van der Waals surface area contributed by atoms with Crippen LogP contribution in [0.4, 0.5) is 5.95 Å². The average molecular weight is 680 g/mol. The van der Waals surface area contributed by atoms with Crippen LogP contribution in [0.3, 0.4) is 0 Å². The van der Waals surface area contributed by atoms with Crippen molar-refractivity contribution < 1.29 is 17.9 Å². The number of sulfonamides is 1. The van der Waals surface area contributed by atoms with Crippen LogP contribution in [0.2, 0.25) is 0 Å². The highest BCUT2D eigenvalue weighted by atomic mass is 32.2. The molecule has 0 unspecified atom stereocenters. The number of amides is 1. The van der Waals surface area contributed by atoms with Crippen LogP contribution < -0.4 is 31.3 Å². The second-order valence-corrected chi connectivity index (χ2v) is 13.7. The topological polar surface area (TPSA) is 164 Å². The molecule has 0 saturated carbocycles. The van der Waals surface area contributed by atoms with E-state index in [9.17, 15) is 22.8 Å². The lowest BCUT2D eigenvalue weighted by Crippen LogP contribution is -2.41. The van der Waals surface area contributed by atoms with Gasteiger partial charge in [-0.05, 0) is 67.5 Å². The molecule has 0 saturated heterocycles. The summed E-state index contributed by atoms with van der Waals surface area (Å²) >= 11 is 0. The van der Waals surface area contributed by atoms with E-state index in [2.05, 4.69) is 17.1 Å². The monoisotopic (exact) mass is 679 g/mol. The Hall–Kier alpha value is -4.43. The Morgan fingerprint density at radius 1 is 0.896 bits per heavy atom. The van der Waals surface area contributed by atoms with Crippen molar-refractivity contribution in [3.63, 3.8) is 0 Å². The maximum absolute atomic E-state index is 13.6. The predicted octanol–water partition coefficient (Wildman–Crippen LogP) is 2.80. The molecule has 14 heteroatoms. The first kappa shape index (κ1) is 34.9. The number of ether oxygens (including phenoxy) is 1. The quantitative estimate of drug-likeness (QED) is 0.183. The lowest BCUT2D eigenvalue weighted by molar-refractivity contribution is -0.123. The predicted molar refractivity (Wildman–Crippen MR) is 185 cm³/mol. The van der Waals surface area contributed by atoms with Gasteiger partial charge < -0.3 is 19.5 Å². The normalized spacial score (nSPS) is 13.1. The van der Waals surface area contributed by atoms with E-state index in [1.165, 1.54) is 16.7 Å². The molecular weight excluding hydrogens is 634 g/mol. The van der Waals surface area contributed by atoms with E-state index in [1.807, 2.05) is 35.8 Å². The van der Waals surface area contributed by atoms with Gasteiger partial charge in [0.2, 0.25) is 16.0 Å². The van der Waals surface area contributed by atoms with Crippen molar-refractivity contribution in [2.75, 3.05) is 31.1 Å². The summed E-state index contributed by atoms with van der Waals surface area (Å²) in [6, 6.07) is 13.9. The molecule has 1 aliphatic heterocycles. The molecule has 0 bridgehead atoms. The van der Waals surface area contributed by atoms with Gasteiger partial charge in [-0.1, -0.05) is 51.0 Å². The first-order valence-corrected chi connectivity index (χ1v) is 18.2. The molecular formula is C34H45N7O6S. The number of hydrogen-bond acceptors (Lipinski definition) is 8. The van der Waals surface area contributed by atoms with Gasteiger partial charge >= 0.3 is 5.69 Å². The summed E-state index contributed by atoms with van der Waals surface area (Å²) in [4.78, 5) is 46.4. The summed E-state index contributed by atoms with van der Waals surface area (Å²) in [5, 5.41) is 7.93. The molecule has 3 N–H and O–H groups in total. The first-order valence-electron chi connectivity index (χ1n) is 16.7. The van der Waals surface area contributed by atoms with E-state index >= 15 is 0 Å². The molecule has 0 radical (unpaired) electrons. The fourth-order valence-corrected chi connectivity index (χ4v) is 6.42. The number of fused-ring (bicyclic) bond motifs is 3. The molecule has 13 nitrogen and oxygen atoms in total. The van der Waals surface area contributed by atoms with E-state index in [-0.39, 0.29) is 28.7 Å². The maximum Gasteiger partial charge on any atom is 0.332 e. The number of hydrogen-bond donors (Lipinski definition) is 2. The maximum atomic E-state index is 13.6. The van der Waals surface area contributed by atoms with Crippen molar-refractivity contribution in [1.29, 1.82) is 0 Å². The van der Waals surface area contributed by atoms with E-state index in [4.69, 9.17) is 14.9 Å². The number of imidazole rings is 1. The standard InChI is InChI=1S/C34H45N7O6S/c1-3-5-20-40-31-30(32(43)41(34(40)44)21-6-4-2)39-22-7-19-38(33(39)37-31)23-17-26-8-12-27(13-9-26)47-24-29(42)36-18-16-25-10-14-28(15-11-25)48(35,45)46/h8-15H,3-7,16-24H2,1-2H3,(H,36,42)(H2,35,45,46). The first-order chi connectivity index (χ1) is 23.1. The Labute approximate surface area is 280 Å². The number of carbonyl (C=O) groups excluding carboxylic acids is 1. The van der Waals surface area contributed by atoms with Gasteiger partial charge in [-0.3, -0.25) is 18.7 Å². The van der Waals surface area contributed by atoms with Crippen molar-refractivity contribution in [2.45, 2.75) is 83.3 Å². The SMILES string of the molecule is CCCCn1c(=O)c2c(nc3n2CCCN3CCc2ccc(OCC(=O)NCCc3ccc(S(N)(=O)=O)cc3)cc2)n(CCCC)c1=O. The number of unbranched alkanes of at least 4 members (excludes halogenated alkanes) is 2. The Balaban J connectivity index is 1.17. The van der Waals surface area contributed by atoms with E-state index < -0.39 is 10.0 Å². The number of nitrogens with one attached hydrogen (secondary N) is 1. The van der Waals surface area contributed by atoms with Gasteiger partial charge in [0.25, 0.3) is 11.5 Å². The van der Waals surface area contributed by atoms with Gasteiger partial charge in [-0.15, -0.1) is 0 Å². The molecule has 2 aromatic carbocycles. The molecule has 48 heavy (non-hydrogen) atoms. The second kappa shape index (κ2) is 15.6. The summed E-state index contributed by atoms with van der Waals surface area (Å²) < 4.78 is 33.5. The lowest BCUT2D eigenvalue weighted by atomic mass is 10.1. The summed E-state index contributed by atoms with van der Waals surface area (Å²) in [7, 11) is -3.74. The van der Waals surface area contributed by atoms with Crippen molar-refractivity contribution >= 4 is 33.0 Å². The number of anilines is 1. The van der Waals surface area contributed by atoms with Crippen LogP contribution in [0.15, 0.2) is 63.0 Å². The Kier molecular flexibility index (Phi) is 11.4. The Morgan fingerprint density at radius 2 is 1.54 bits per heavy atom. The summed E-state index contributed by atoms with van der Waals surface area (Å²) in [6.45, 7) is 7.51. The minimum absolute atomic E-state index is 0.0478. The third-order valence-electron chi connectivity index (χ3n) is 8.61. The molecule has 0 aliphatic carbocycles. The molecule has 0 atom stereocenters. The van der Waals surface area contributed by atoms with E-state index in [1.54, 1.807) is 16.7 Å². The smallest absolute Gasteiger partial charge is 0.332 e. The van der Waals surface area contributed by atoms with E-state index in [0.717, 1.165) is 62.1 Å². The molecule has 0 spiro atoms. The van der Waals surface area contributed by atoms with Crippen LogP contribution in [-0.4, -0.2) is 59.3 Å². The average Bonchev–Trinajstić information content (AvgIpc) is 3.47. The van der Waals surface area contributed by atoms with Crippen LogP contribution in [-0.2, 0) is 47.3 Å². The van der Waals surface area contributed by atoms with Crippen molar-refractivity contribution in [3.05, 3.63) is 80.5 Å². The highest BCUT2D eigenvalue weighted by Gasteiger charge is 2.26.